The second kappa shape index (κ2) is 11.6. The fraction of sp³-hybridized carbons (Fsp3) is 0.333. The first-order valence-corrected chi connectivity index (χ1v) is 15.2. The van der Waals surface area contributed by atoms with Gasteiger partial charge in [-0.2, -0.15) is 0 Å². The molecule has 4 aliphatic rings. The van der Waals surface area contributed by atoms with Gasteiger partial charge in [-0.05, 0) is 62.1 Å². The molecule has 14 nitrogen and oxygen atoms in total. The monoisotopic (exact) mass is 640 g/mol. The van der Waals surface area contributed by atoms with Crippen LogP contribution in [0.5, 0.6) is 11.5 Å². The second-order valence-corrected chi connectivity index (χ2v) is 11.6. The molecule has 2 saturated heterocycles. The second-order valence-electron chi connectivity index (χ2n) is 11.6. The average molecular weight is 641 g/mol. The van der Waals surface area contributed by atoms with E-state index < -0.39 is 11.9 Å². The molecule has 0 unspecified atom stereocenters. The Morgan fingerprint density at radius 1 is 0.745 bits per heavy atom. The molecule has 6 heterocycles. The van der Waals surface area contributed by atoms with Crippen LogP contribution in [0.15, 0.2) is 49.1 Å². The highest BCUT2D eigenvalue weighted by atomic mass is 16.5. The van der Waals surface area contributed by atoms with Crippen LogP contribution < -0.4 is 9.47 Å². The molecule has 2 atom stereocenters. The number of hydrogen-bond acceptors (Lipinski definition) is 9. The van der Waals surface area contributed by atoms with Gasteiger partial charge in [-0.1, -0.05) is 0 Å². The number of carboxylic acid groups (broad SMARTS) is 1. The van der Waals surface area contributed by atoms with Crippen molar-refractivity contribution in [3.05, 3.63) is 83.0 Å². The van der Waals surface area contributed by atoms with E-state index in [2.05, 4.69) is 9.97 Å². The van der Waals surface area contributed by atoms with Gasteiger partial charge in [0.25, 0.3) is 11.8 Å². The number of aromatic carboxylic acids is 1. The molecule has 47 heavy (non-hydrogen) atoms. The van der Waals surface area contributed by atoms with Gasteiger partial charge in [0.1, 0.15) is 24.2 Å². The minimum absolute atomic E-state index is 0.0124. The molecule has 2 aromatic carbocycles. The SMILES string of the molecule is COC(=O)c1ncn2c1[C@@H]1CCCN1C(=O)c1cc(OC)ccc1-2.COc1ccc2c(c1)C(=O)N1CCC[C@H]1c1c(C(=O)O)ncn1-2. The third-order valence-electron chi connectivity index (χ3n) is 9.24. The molecule has 8 rings (SSSR count). The first-order chi connectivity index (χ1) is 22.8. The Hall–Kier alpha value is -5.66. The van der Waals surface area contributed by atoms with Gasteiger partial charge in [0.2, 0.25) is 0 Å². The fourth-order valence-corrected chi connectivity index (χ4v) is 7.10. The van der Waals surface area contributed by atoms with E-state index in [1.807, 2.05) is 15.5 Å². The summed E-state index contributed by atoms with van der Waals surface area (Å²) >= 11 is 0. The summed E-state index contributed by atoms with van der Waals surface area (Å²) in [5, 5.41) is 9.44. The quantitative estimate of drug-likeness (QED) is 0.325. The Labute approximate surface area is 269 Å². The van der Waals surface area contributed by atoms with Crippen LogP contribution in [0.1, 0.15) is 90.8 Å². The molecule has 4 aliphatic heterocycles. The molecule has 242 valence electrons. The molecule has 2 aromatic heterocycles. The number of carbonyl (C=O) groups excluding carboxylic acids is 3. The van der Waals surface area contributed by atoms with Gasteiger partial charge in [-0.15, -0.1) is 0 Å². The van der Waals surface area contributed by atoms with E-state index in [4.69, 9.17) is 14.2 Å². The highest BCUT2D eigenvalue weighted by Crippen LogP contribution is 2.42. The van der Waals surface area contributed by atoms with Gasteiger partial charge in [0.15, 0.2) is 11.4 Å². The molecular weight excluding hydrogens is 608 g/mol. The zero-order valence-corrected chi connectivity index (χ0v) is 26.0. The Bertz CT molecular complexity index is 1950. The normalized spacial score (nSPS) is 18.7. The molecule has 0 radical (unpaired) electrons. The standard InChI is InChI=1S/C17H17N3O4.C16H15N3O4/c1-23-10-5-6-12-11(8-10)16(21)19-7-3-4-13(19)15-14(17(22)24-2)18-9-20(12)15;1-23-9-4-5-11-10(7-9)15(20)18-6-2-3-12(18)14-13(16(21)22)17-8-19(11)14/h5-6,8-9,13H,3-4,7H2,1-2H3;4-5,7-8,12H,2-3,6H2,1H3,(H,21,22)/t13-;12-/m00/s1. The lowest BCUT2D eigenvalue weighted by Gasteiger charge is -2.22. The van der Waals surface area contributed by atoms with Crippen LogP contribution in [0, 0.1) is 0 Å². The van der Waals surface area contributed by atoms with Crippen LogP contribution in [0.25, 0.3) is 11.4 Å². The van der Waals surface area contributed by atoms with Crippen LogP contribution in [-0.4, -0.2) is 92.2 Å². The van der Waals surface area contributed by atoms with E-state index in [-0.39, 0.29) is 35.3 Å². The summed E-state index contributed by atoms with van der Waals surface area (Å²) in [6.45, 7) is 1.27. The largest absolute Gasteiger partial charge is 0.497 e. The number of benzene rings is 2. The number of imidazole rings is 2. The van der Waals surface area contributed by atoms with Crippen LogP contribution in [-0.2, 0) is 4.74 Å². The lowest BCUT2D eigenvalue weighted by molar-refractivity contribution is 0.0585. The predicted octanol–water partition coefficient (Wildman–Crippen LogP) is 3.83. The fourth-order valence-electron chi connectivity index (χ4n) is 7.10. The summed E-state index contributed by atoms with van der Waals surface area (Å²) in [5.74, 6) is -0.494. The number of rotatable bonds is 4. The van der Waals surface area contributed by atoms with E-state index in [0.29, 0.717) is 52.8 Å². The summed E-state index contributed by atoms with van der Waals surface area (Å²) in [5.41, 5.74) is 3.97. The zero-order chi connectivity index (χ0) is 33.0. The molecule has 0 aliphatic carbocycles. The highest BCUT2D eigenvalue weighted by Gasteiger charge is 2.41. The molecule has 2 fully saturated rings. The molecule has 4 aromatic rings. The Morgan fingerprint density at radius 3 is 1.66 bits per heavy atom. The number of nitrogens with zero attached hydrogens (tertiary/aromatic N) is 6. The summed E-state index contributed by atoms with van der Waals surface area (Å²) in [4.78, 5) is 61.5. The molecule has 0 bridgehead atoms. The molecule has 2 amide bonds. The number of carbonyl (C=O) groups is 4. The van der Waals surface area contributed by atoms with Crippen LogP contribution >= 0.6 is 0 Å². The number of hydrogen-bond donors (Lipinski definition) is 1. The summed E-state index contributed by atoms with van der Waals surface area (Å²) in [6, 6.07) is 10.1. The van der Waals surface area contributed by atoms with Gasteiger partial charge in [0.05, 0.1) is 67.3 Å². The number of methoxy groups -OCH3 is 3. The van der Waals surface area contributed by atoms with Crippen molar-refractivity contribution in [1.29, 1.82) is 0 Å². The Kier molecular flexibility index (Phi) is 7.41. The van der Waals surface area contributed by atoms with Gasteiger partial charge < -0.3 is 29.1 Å². The van der Waals surface area contributed by atoms with Gasteiger partial charge in [-0.25, -0.2) is 19.6 Å². The minimum atomic E-state index is -1.07. The maximum absolute atomic E-state index is 13.0. The van der Waals surface area contributed by atoms with E-state index in [1.54, 1.807) is 60.3 Å². The maximum Gasteiger partial charge on any atom is 0.358 e. The number of esters is 1. The number of carboxylic acids is 1. The third-order valence-corrected chi connectivity index (χ3v) is 9.24. The lowest BCUT2D eigenvalue weighted by Crippen LogP contribution is -2.30. The molecule has 0 spiro atoms. The first-order valence-electron chi connectivity index (χ1n) is 15.2. The van der Waals surface area contributed by atoms with Gasteiger partial charge >= 0.3 is 11.9 Å². The first kappa shape index (κ1) is 30.0. The van der Waals surface area contributed by atoms with E-state index >= 15 is 0 Å². The minimum Gasteiger partial charge on any atom is -0.497 e. The van der Waals surface area contributed by atoms with E-state index in [9.17, 15) is 24.3 Å². The number of fused-ring (bicyclic) bond motifs is 10. The van der Waals surface area contributed by atoms with Crippen molar-refractivity contribution in [2.45, 2.75) is 37.8 Å². The van der Waals surface area contributed by atoms with Crippen molar-refractivity contribution in [2.75, 3.05) is 34.4 Å². The summed E-state index contributed by atoms with van der Waals surface area (Å²) in [7, 11) is 4.45. The van der Waals surface area contributed by atoms with E-state index in [0.717, 1.165) is 31.4 Å². The predicted molar refractivity (Wildman–Crippen MR) is 165 cm³/mol. The zero-order valence-electron chi connectivity index (χ0n) is 26.0. The van der Waals surface area contributed by atoms with Crippen LogP contribution in [0.2, 0.25) is 0 Å². The highest BCUT2D eigenvalue weighted by molar-refractivity contribution is 6.01. The topological polar surface area (TPSA) is 158 Å². The van der Waals surface area contributed by atoms with Crippen molar-refractivity contribution in [3.8, 4) is 22.9 Å². The number of ether oxygens (including phenoxy) is 3. The lowest BCUT2D eigenvalue weighted by atomic mass is 10.1. The molecular formula is C33H32N6O8. The van der Waals surface area contributed by atoms with Crippen LogP contribution in [0.4, 0.5) is 0 Å². The third kappa shape index (κ3) is 4.70. The molecule has 1 N–H and O–H groups in total. The van der Waals surface area contributed by atoms with Crippen LogP contribution in [0.3, 0.4) is 0 Å². The Morgan fingerprint density at radius 2 is 1.21 bits per heavy atom. The van der Waals surface area contributed by atoms with Crippen molar-refractivity contribution >= 4 is 23.8 Å². The van der Waals surface area contributed by atoms with Crippen molar-refractivity contribution in [1.82, 2.24) is 28.9 Å². The van der Waals surface area contributed by atoms with Crippen molar-refractivity contribution < 1.29 is 38.5 Å². The van der Waals surface area contributed by atoms with Gasteiger partial charge in [0, 0.05) is 13.1 Å². The smallest absolute Gasteiger partial charge is 0.358 e. The van der Waals surface area contributed by atoms with Crippen molar-refractivity contribution in [2.24, 2.45) is 0 Å². The maximum atomic E-state index is 13.0. The number of aromatic nitrogens is 4. The Balaban J connectivity index is 0.000000150. The summed E-state index contributed by atoms with van der Waals surface area (Å²) < 4.78 is 18.9. The summed E-state index contributed by atoms with van der Waals surface area (Å²) in [6.07, 6.45) is 6.35. The van der Waals surface area contributed by atoms with Gasteiger partial charge in [-0.3, -0.25) is 18.7 Å². The molecule has 14 heteroatoms. The number of amides is 2. The van der Waals surface area contributed by atoms with E-state index in [1.165, 1.54) is 13.4 Å². The van der Waals surface area contributed by atoms with Crippen molar-refractivity contribution in [3.63, 3.8) is 0 Å². The average Bonchev–Trinajstić information content (AvgIpc) is 3.90. The molecule has 0 saturated carbocycles.